The number of halogens is 3. The lowest BCUT2D eigenvalue weighted by atomic mass is 10.1. The lowest BCUT2D eigenvalue weighted by molar-refractivity contribution is -0.137. The van der Waals surface area contributed by atoms with Gasteiger partial charge in [-0.2, -0.15) is 13.2 Å². The van der Waals surface area contributed by atoms with Crippen LogP contribution in [0, 0.1) is 0 Å². The zero-order valence-corrected chi connectivity index (χ0v) is 18.3. The Bertz CT molecular complexity index is 1250. The Labute approximate surface area is 195 Å². The minimum atomic E-state index is -4.42. The van der Waals surface area contributed by atoms with E-state index in [0.29, 0.717) is 36.0 Å². The van der Waals surface area contributed by atoms with Crippen LogP contribution in [0.1, 0.15) is 5.56 Å². The molecule has 0 unspecified atom stereocenters. The van der Waals surface area contributed by atoms with Crippen LogP contribution < -0.4 is 9.80 Å². The van der Waals surface area contributed by atoms with Crippen molar-refractivity contribution in [3.05, 3.63) is 90.6 Å². The third kappa shape index (κ3) is 4.71. The molecule has 1 fully saturated rings. The van der Waals surface area contributed by atoms with Crippen LogP contribution in [-0.2, 0) is 6.18 Å². The van der Waals surface area contributed by atoms with Crippen LogP contribution >= 0.6 is 0 Å². The summed E-state index contributed by atoms with van der Waals surface area (Å²) in [5.41, 5.74) is 0.977. The number of anilines is 2. The normalized spacial score (nSPS) is 14.3. The first-order valence-corrected chi connectivity index (χ1v) is 11.0. The first kappa shape index (κ1) is 21.9. The van der Waals surface area contributed by atoms with E-state index in [2.05, 4.69) is 19.8 Å². The molecule has 0 bridgehead atoms. The zero-order valence-electron chi connectivity index (χ0n) is 18.3. The summed E-state index contributed by atoms with van der Waals surface area (Å²) in [6.07, 6.45) is -2.64. The van der Waals surface area contributed by atoms with Crippen molar-refractivity contribution >= 4 is 11.6 Å². The van der Waals surface area contributed by atoms with E-state index >= 15 is 0 Å². The molecule has 1 saturated heterocycles. The summed E-state index contributed by atoms with van der Waals surface area (Å²) in [5, 5.41) is 0. The lowest BCUT2D eigenvalue weighted by Crippen LogP contribution is -2.47. The Morgan fingerprint density at radius 2 is 1.32 bits per heavy atom. The third-order valence-electron chi connectivity index (χ3n) is 5.81. The SMILES string of the molecule is FC(F)(F)c1cccc(-c2cc(N3CCN(c4ccccn4)CC3)nc(-c3ccccc3)n2)c1. The van der Waals surface area contributed by atoms with Crippen molar-refractivity contribution in [2.75, 3.05) is 36.0 Å². The maximum Gasteiger partial charge on any atom is 0.416 e. The van der Waals surface area contributed by atoms with E-state index in [1.807, 2.05) is 48.5 Å². The second kappa shape index (κ2) is 9.13. The molecule has 0 spiro atoms. The predicted octanol–water partition coefficient (Wildman–Crippen LogP) is 5.55. The van der Waals surface area contributed by atoms with Crippen molar-refractivity contribution in [1.82, 2.24) is 15.0 Å². The molecule has 1 aliphatic heterocycles. The number of nitrogens with zero attached hydrogens (tertiary/aromatic N) is 5. The summed E-state index contributed by atoms with van der Waals surface area (Å²) in [7, 11) is 0. The molecule has 8 heteroatoms. The van der Waals surface area contributed by atoms with E-state index in [1.165, 1.54) is 6.07 Å². The average molecular weight is 461 g/mol. The summed E-state index contributed by atoms with van der Waals surface area (Å²) in [6.45, 7) is 2.95. The van der Waals surface area contributed by atoms with Crippen LogP contribution in [0.25, 0.3) is 22.6 Å². The highest BCUT2D eigenvalue weighted by Crippen LogP contribution is 2.33. The molecule has 5 nitrogen and oxygen atoms in total. The molecule has 2 aromatic carbocycles. The molecule has 3 heterocycles. The molecule has 34 heavy (non-hydrogen) atoms. The Balaban J connectivity index is 1.49. The van der Waals surface area contributed by atoms with Crippen molar-refractivity contribution < 1.29 is 13.2 Å². The largest absolute Gasteiger partial charge is 0.416 e. The van der Waals surface area contributed by atoms with Crippen LogP contribution in [0.4, 0.5) is 24.8 Å². The fourth-order valence-electron chi connectivity index (χ4n) is 4.02. The van der Waals surface area contributed by atoms with E-state index in [9.17, 15) is 13.2 Å². The minimum absolute atomic E-state index is 0.405. The van der Waals surface area contributed by atoms with Gasteiger partial charge in [-0.1, -0.05) is 48.5 Å². The topological polar surface area (TPSA) is 45.2 Å². The van der Waals surface area contributed by atoms with Gasteiger partial charge in [0.05, 0.1) is 11.3 Å². The predicted molar refractivity (Wildman–Crippen MR) is 127 cm³/mol. The van der Waals surface area contributed by atoms with Crippen molar-refractivity contribution in [2.45, 2.75) is 6.18 Å². The average Bonchev–Trinajstić information content (AvgIpc) is 2.89. The van der Waals surface area contributed by atoms with E-state index in [0.717, 1.165) is 36.6 Å². The Morgan fingerprint density at radius 1 is 0.647 bits per heavy atom. The third-order valence-corrected chi connectivity index (χ3v) is 5.81. The van der Waals surface area contributed by atoms with Gasteiger partial charge < -0.3 is 9.80 Å². The van der Waals surface area contributed by atoms with Crippen LogP contribution in [0.15, 0.2) is 85.1 Å². The molecule has 0 amide bonds. The Morgan fingerprint density at radius 3 is 2.00 bits per heavy atom. The van der Waals surface area contributed by atoms with Gasteiger partial charge in [0, 0.05) is 49.6 Å². The van der Waals surface area contributed by atoms with Crippen molar-refractivity contribution in [2.24, 2.45) is 0 Å². The number of benzene rings is 2. The number of alkyl halides is 3. The summed E-state index contributed by atoms with van der Waals surface area (Å²) >= 11 is 0. The second-order valence-corrected chi connectivity index (χ2v) is 8.04. The number of aromatic nitrogens is 3. The molecule has 0 N–H and O–H groups in total. The molecule has 0 atom stereocenters. The quantitative estimate of drug-likeness (QED) is 0.399. The molecule has 2 aromatic heterocycles. The number of pyridine rings is 1. The number of hydrogen-bond donors (Lipinski definition) is 0. The highest BCUT2D eigenvalue weighted by Gasteiger charge is 2.30. The van der Waals surface area contributed by atoms with Crippen molar-refractivity contribution in [1.29, 1.82) is 0 Å². The Hall–Kier alpha value is -3.94. The second-order valence-electron chi connectivity index (χ2n) is 8.04. The maximum absolute atomic E-state index is 13.3. The number of hydrogen-bond acceptors (Lipinski definition) is 5. The molecular formula is C26H22F3N5. The first-order valence-electron chi connectivity index (χ1n) is 11.0. The Kier molecular flexibility index (Phi) is 5.88. The zero-order chi connectivity index (χ0) is 23.5. The van der Waals surface area contributed by atoms with Gasteiger partial charge in [-0.15, -0.1) is 0 Å². The van der Waals surface area contributed by atoms with Gasteiger partial charge in [0.15, 0.2) is 5.82 Å². The summed E-state index contributed by atoms with van der Waals surface area (Å²) < 4.78 is 40.0. The van der Waals surface area contributed by atoms with Crippen molar-refractivity contribution in [3.8, 4) is 22.6 Å². The first-order chi connectivity index (χ1) is 16.5. The lowest BCUT2D eigenvalue weighted by Gasteiger charge is -2.36. The van der Waals surface area contributed by atoms with Gasteiger partial charge in [0.1, 0.15) is 11.6 Å². The van der Waals surface area contributed by atoms with Crippen LogP contribution in [0.5, 0.6) is 0 Å². The van der Waals surface area contributed by atoms with Gasteiger partial charge in [0.25, 0.3) is 0 Å². The monoisotopic (exact) mass is 461 g/mol. The highest BCUT2D eigenvalue weighted by atomic mass is 19.4. The number of piperazine rings is 1. The molecule has 4 aromatic rings. The van der Waals surface area contributed by atoms with Crippen molar-refractivity contribution in [3.63, 3.8) is 0 Å². The minimum Gasteiger partial charge on any atom is -0.353 e. The fourth-order valence-corrected chi connectivity index (χ4v) is 4.02. The molecule has 172 valence electrons. The van der Waals surface area contributed by atoms with E-state index in [-0.39, 0.29) is 0 Å². The summed E-state index contributed by atoms with van der Waals surface area (Å²) in [5.74, 6) is 2.11. The van der Waals surface area contributed by atoms with Gasteiger partial charge >= 0.3 is 6.18 Å². The van der Waals surface area contributed by atoms with Crippen LogP contribution in [0.3, 0.4) is 0 Å². The standard InChI is InChI=1S/C26H22F3N5/c27-26(28,29)21-10-6-9-20(17-21)22-18-24(32-25(31-22)19-7-2-1-3-8-19)34-15-13-33(14-16-34)23-11-4-5-12-30-23/h1-12,17-18H,13-16H2. The fraction of sp³-hybridized carbons (Fsp3) is 0.192. The molecule has 0 saturated carbocycles. The summed E-state index contributed by atoms with van der Waals surface area (Å²) in [6, 6.07) is 22.4. The molecule has 5 rings (SSSR count). The highest BCUT2D eigenvalue weighted by molar-refractivity contribution is 5.68. The van der Waals surface area contributed by atoms with Crippen LogP contribution in [0.2, 0.25) is 0 Å². The van der Waals surface area contributed by atoms with E-state index < -0.39 is 11.7 Å². The van der Waals surface area contributed by atoms with Gasteiger partial charge in [-0.05, 0) is 24.3 Å². The van der Waals surface area contributed by atoms with Gasteiger partial charge in [-0.3, -0.25) is 0 Å². The van der Waals surface area contributed by atoms with Crippen LogP contribution in [-0.4, -0.2) is 41.1 Å². The number of rotatable bonds is 4. The molecule has 0 radical (unpaired) electrons. The smallest absolute Gasteiger partial charge is 0.353 e. The van der Waals surface area contributed by atoms with Gasteiger partial charge in [0.2, 0.25) is 0 Å². The van der Waals surface area contributed by atoms with E-state index in [1.54, 1.807) is 18.3 Å². The molecule has 1 aliphatic rings. The van der Waals surface area contributed by atoms with Gasteiger partial charge in [-0.25, -0.2) is 15.0 Å². The molecule has 0 aliphatic carbocycles. The summed E-state index contributed by atoms with van der Waals surface area (Å²) in [4.78, 5) is 18.2. The van der Waals surface area contributed by atoms with E-state index in [4.69, 9.17) is 4.98 Å². The molecular weight excluding hydrogens is 439 g/mol. The maximum atomic E-state index is 13.3.